The summed E-state index contributed by atoms with van der Waals surface area (Å²) < 4.78 is 41.0. The number of aryl methyl sites for hydroxylation is 1. The second-order valence-electron chi connectivity index (χ2n) is 6.31. The topological polar surface area (TPSA) is 93.2 Å². The van der Waals surface area contributed by atoms with Crippen LogP contribution in [-0.4, -0.2) is 34.6 Å². The molecule has 2 rings (SSSR count). The summed E-state index contributed by atoms with van der Waals surface area (Å²) >= 11 is 0. The first-order valence-electron chi connectivity index (χ1n) is 8.82. The Hall–Kier alpha value is -3.17. The number of hydrogen-bond acceptors (Lipinski definition) is 5. The van der Waals surface area contributed by atoms with Crippen molar-refractivity contribution in [1.29, 1.82) is 0 Å². The lowest BCUT2D eigenvalue weighted by Crippen LogP contribution is -2.27. The number of aromatic nitrogens is 2. The first kappa shape index (κ1) is 22.1. The molecule has 0 aliphatic heterocycles. The van der Waals surface area contributed by atoms with Crippen LogP contribution in [-0.2, 0) is 4.79 Å². The van der Waals surface area contributed by atoms with Crippen molar-refractivity contribution in [2.45, 2.75) is 39.4 Å². The van der Waals surface area contributed by atoms with Crippen molar-refractivity contribution in [3.05, 3.63) is 47.3 Å². The van der Waals surface area contributed by atoms with Crippen LogP contribution >= 0.6 is 0 Å². The Bertz CT molecular complexity index is 870. The van der Waals surface area contributed by atoms with Crippen LogP contribution in [0, 0.1) is 6.92 Å². The molecule has 7 nitrogen and oxygen atoms in total. The van der Waals surface area contributed by atoms with Crippen molar-refractivity contribution >= 4 is 17.6 Å². The third kappa shape index (κ3) is 7.05. The number of carbonyl (C=O) groups excluding carboxylic acids is 2. The number of hydrogen-bond donors (Lipinski definition) is 2. The van der Waals surface area contributed by atoms with Crippen molar-refractivity contribution < 1.29 is 27.5 Å². The number of anilines is 1. The molecule has 0 aliphatic carbocycles. The van der Waals surface area contributed by atoms with E-state index in [1.807, 2.05) is 0 Å². The number of carbonyl (C=O) groups is 2. The Balaban J connectivity index is 2.04. The Morgan fingerprint density at radius 3 is 2.55 bits per heavy atom. The van der Waals surface area contributed by atoms with Gasteiger partial charge in [0.25, 0.3) is 5.91 Å². The average Bonchev–Trinajstić information content (AvgIpc) is 2.65. The third-order valence-corrected chi connectivity index (χ3v) is 3.79. The van der Waals surface area contributed by atoms with Gasteiger partial charge in [-0.15, -0.1) is 0 Å². The lowest BCUT2D eigenvalue weighted by atomic mass is 10.1. The molecule has 10 heteroatoms. The van der Waals surface area contributed by atoms with E-state index in [0.29, 0.717) is 17.9 Å². The number of halogens is 3. The SMILES string of the molecule is CCC(=O)Nc1cc(C(C)NC(=O)c2ccc(OCC(F)(F)F)nc2)cc(C)n1. The van der Waals surface area contributed by atoms with Gasteiger partial charge in [0.05, 0.1) is 11.6 Å². The van der Waals surface area contributed by atoms with Crippen molar-refractivity contribution in [3.8, 4) is 5.88 Å². The predicted molar refractivity (Wildman–Crippen MR) is 99.6 cm³/mol. The highest BCUT2D eigenvalue weighted by Gasteiger charge is 2.28. The molecule has 2 heterocycles. The average molecular weight is 410 g/mol. The molecule has 0 aliphatic rings. The molecule has 0 spiro atoms. The van der Waals surface area contributed by atoms with E-state index < -0.39 is 24.7 Å². The van der Waals surface area contributed by atoms with Crippen molar-refractivity contribution in [1.82, 2.24) is 15.3 Å². The van der Waals surface area contributed by atoms with Crippen molar-refractivity contribution in [3.63, 3.8) is 0 Å². The fourth-order valence-electron chi connectivity index (χ4n) is 2.36. The molecule has 2 N–H and O–H groups in total. The summed E-state index contributed by atoms with van der Waals surface area (Å²) in [6.07, 6.45) is -3.02. The van der Waals surface area contributed by atoms with Crippen molar-refractivity contribution in [2.75, 3.05) is 11.9 Å². The van der Waals surface area contributed by atoms with Crippen LogP contribution in [0.1, 0.15) is 47.9 Å². The quantitative estimate of drug-likeness (QED) is 0.728. The number of rotatable bonds is 7. The maximum absolute atomic E-state index is 12.4. The minimum atomic E-state index is -4.47. The molecule has 0 bridgehead atoms. The second-order valence-corrected chi connectivity index (χ2v) is 6.31. The molecule has 1 atom stereocenters. The summed E-state index contributed by atoms with van der Waals surface area (Å²) in [6, 6.07) is 5.55. The number of alkyl halides is 3. The second kappa shape index (κ2) is 9.35. The molecule has 0 saturated carbocycles. The van der Waals surface area contributed by atoms with E-state index in [1.165, 1.54) is 12.1 Å². The molecule has 2 aromatic rings. The van der Waals surface area contributed by atoms with Gasteiger partial charge in [0, 0.05) is 24.4 Å². The summed E-state index contributed by atoms with van der Waals surface area (Å²) in [5.74, 6) is -0.473. The molecule has 1 unspecified atom stereocenters. The highest BCUT2D eigenvalue weighted by atomic mass is 19.4. The number of nitrogens with one attached hydrogen (secondary N) is 2. The Morgan fingerprint density at radius 2 is 1.97 bits per heavy atom. The van der Waals surface area contributed by atoms with Crippen LogP contribution in [0.15, 0.2) is 30.5 Å². The first-order valence-corrected chi connectivity index (χ1v) is 8.82. The number of nitrogens with zero attached hydrogens (tertiary/aromatic N) is 2. The number of ether oxygens (including phenoxy) is 1. The van der Waals surface area contributed by atoms with E-state index in [4.69, 9.17) is 0 Å². The zero-order valence-electron chi connectivity index (χ0n) is 16.1. The summed E-state index contributed by atoms with van der Waals surface area (Å²) in [5.41, 5.74) is 1.57. The lowest BCUT2D eigenvalue weighted by Gasteiger charge is -2.16. The molecule has 2 amide bonds. The van der Waals surface area contributed by atoms with E-state index in [9.17, 15) is 22.8 Å². The van der Waals surface area contributed by atoms with Gasteiger partial charge in [0.15, 0.2) is 6.61 Å². The van der Waals surface area contributed by atoms with Crippen LogP contribution in [0.3, 0.4) is 0 Å². The summed E-state index contributed by atoms with van der Waals surface area (Å²) in [6.45, 7) is 3.79. The Morgan fingerprint density at radius 1 is 1.24 bits per heavy atom. The fourth-order valence-corrected chi connectivity index (χ4v) is 2.36. The minimum absolute atomic E-state index is 0.168. The number of pyridine rings is 2. The molecule has 0 aromatic carbocycles. The Kier molecular flexibility index (Phi) is 7.13. The summed E-state index contributed by atoms with van der Waals surface area (Å²) in [7, 11) is 0. The molecule has 156 valence electrons. The zero-order chi connectivity index (χ0) is 21.6. The van der Waals surface area contributed by atoms with Gasteiger partial charge < -0.3 is 15.4 Å². The third-order valence-electron chi connectivity index (χ3n) is 3.79. The highest BCUT2D eigenvalue weighted by molar-refractivity contribution is 5.94. The fraction of sp³-hybridized carbons (Fsp3) is 0.368. The van der Waals surface area contributed by atoms with Crippen molar-refractivity contribution in [2.24, 2.45) is 0 Å². The van der Waals surface area contributed by atoms with Gasteiger partial charge in [-0.2, -0.15) is 13.2 Å². The van der Waals surface area contributed by atoms with Gasteiger partial charge in [-0.05, 0) is 37.6 Å². The molecule has 29 heavy (non-hydrogen) atoms. The minimum Gasteiger partial charge on any atom is -0.468 e. The van der Waals surface area contributed by atoms with Gasteiger partial charge >= 0.3 is 6.18 Å². The largest absolute Gasteiger partial charge is 0.468 e. The van der Waals surface area contributed by atoms with E-state index in [1.54, 1.807) is 32.9 Å². The van der Waals surface area contributed by atoms with Gasteiger partial charge in [-0.1, -0.05) is 6.92 Å². The highest BCUT2D eigenvalue weighted by Crippen LogP contribution is 2.19. The molecule has 0 fully saturated rings. The summed E-state index contributed by atoms with van der Waals surface area (Å²) in [5, 5.41) is 5.44. The van der Waals surface area contributed by atoms with Crippen LogP contribution in [0.25, 0.3) is 0 Å². The van der Waals surface area contributed by atoms with E-state index in [0.717, 1.165) is 11.8 Å². The maximum Gasteiger partial charge on any atom is 0.422 e. The normalized spacial score (nSPS) is 12.2. The smallest absolute Gasteiger partial charge is 0.422 e. The lowest BCUT2D eigenvalue weighted by molar-refractivity contribution is -0.154. The van der Waals surface area contributed by atoms with Crippen LogP contribution in [0.2, 0.25) is 0 Å². The maximum atomic E-state index is 12.4. The van der Waals surface area contributed by atoms with Gasteiger partial charge in [-0.3, -0.25) is 9.59 Å². The molecule has 0 radical (unpaired) electrons. The van der Waals surface area contributed by atoms with Crippen LogP contribution in [0.4, 0.5) is 19.0 Å². The molecule has 0 saturated heterocycles. The number of amides is 2. The van der Waals surface area contributed by atoms with Crippen LogP contribution in [0.5, 0.6) is 5.88 Å². The van der Waals surface area contributed by atoms with Gasteiger partial charge in [-0.25, -0.2) is 9.97 Å². The predicted octanol–water partition coefficient (Wildman–Crippen LogP) is 3.57. The monoisotopic (exact) mass is 410 g/mol. The van der Waals surface area contributed by atoms with E-state index in [-0.39, 0.29) is 17.4 Å². The summed E-state index contributed by atoms with van der Waals surface area (Å²) in [4.78, 5) is 31.9. The zero-order valence-corrected chi connectivity index (χ0v) is 16.1. The molecular weight excluding hydrogens is 389 g/mol. The van der Waals surface area contributed by atoms with E-state index in [2.05, 4.69) is 25.3 Å². The van der Waals surface area contributed by atoms with Crippen LogP contribution < -0.4 is 15.4 Å². The van der Waals surface area contributed by atoms with Gasteiger partial charge in [0.1, 0.15) is 5.82 Å². The molecular formula is C19H21F3N4O3. The molecule has 2 aromatic heterocycles. The first-order chi connectivity index (χ1) is 13.6. The van der Waals surface area contributed by atoms with E-state index >= 15 is 0 Å². The Labute approximate surface area is 165 Å². The van der Waals surface area contributed by atoms with Gasteiger partial charge in [0.2, 0.25) is 11.8 Å². The standard InChI is InChI=1S/C19H21F3N4O3/c1-4-16(27)26-15-8-14(7-11(2)24-15)12(3)25-18(28)13-5-6-17(23-9-13)29-10-19(20,21)22/h5-9,12H,4,10H2,1-3H3,(H,25,28)(H,24,26,27).